The van der Waals surface area contributed by atoms with Gasteiger partial charge in [0.05, 0.1) is 11.6 Å². The summed E-state index contributed by atoms with van der Waals surface area (Å²) in [5.41, 5.74) is 1.75. The van der Waals surface area contributed by atoms with Gasteiger partial charge >= 0.3 is 0 Å². The first-order valence-electron chi connectivity index (χ1n) is 9.28. The van der Waals surface area contributed by atoms with Crippen molar-refractivity contribution in [1.82, 2.24) is 15.5 Å². The van der Waals surface area contributed by atoms with E-state index in [0.717, 1.165) is 30.3 Å². The highest BCUT2D eigenvalue weighted by molar-refractivity contribution is 6.00. The molecule has 4 rings (SSSR count). The molecule has 7 heteroatoms. The van der Waals surface area contributed by atoms with Gasteiger partial charge in [-0.3, -0.25) is 9.59 Å². The summed E-state index contributed by atoms with van der Waals surface area (Å²) in [6, 6.07) is 13.4. The van der Waals surface area contributed by atoms with Crippen LogP contribution in [0.15, 0.2) is 42.5 Å². The molecule has 1 atom stereocenters. The van der Waals surface area contributed by atoms with Crippen LogP contribution in [0.4, 0.5) is 11.5 Å². The van der Waals surface area contributed by atoms with Crippen molar-refractivity contribution in [3.05, 3.63) is 48.2 Å². The SMILES string of the molecule is Cc1ccc(N2CC(CNC(=O)C3CC(=O)N(c4ccccc4)C3)C2)nn1. The number of carbonyl (C=O) groups excluding carboxylic acids is 2. The summed E-state index contributed by atoms with van der Waals surface area (Å²) < 4.78 is 0. The average molecular weight is 365 g/mol. The van der Waals surface area contributed by atoms with E-state index < -0.39 is 0 Å². The molecule has 1 unspecified atom stereocenters. The van der Waals surface area contributed by atoms with Gasteiger partial charge in [0.25, 0.3) is 0 Å². The third-order valence-electron chi connectivity index (χ3n) is 5.19. The molecular formula is C20H23N5O2. The van der Waals surface area contributed by atoms with E-state index in [-0.39, 0.29) is 24.2 Å². The second kappa shape index (κ2) is 7.34. The van der Waals surface area contributed by atoms with Gasteiger partial charge in [0, 0.05) is 44.2 Å². The lowest BCUT2D eigenvalue weighted by atomic mass is 9.99. The quantitative estimate of drug-likeness (QED) is 0.866. The Morgan fingerprint density at radius 1 is 1.11 bits per heavy atom. The minimum atomic E-state index is -0.281. The van der Waals surface area contributed by atoms with E-state index >= 15 is 0 Å². The van der Waals surface area contributed by atoms with Gasteiger partial charge in [-0.1, -0.05) is 18.2 Å². The second-order valence-electron chi connectivity index (χ2n) is 7.29. The number of aryl methyl sites for hydroxylation is 1. The normalized spacial score (nSPS) is 19.9. The molecule has 1 N–H and O–H groups in total. The van der Waals surface area contributed by atoms with E-state index in [2.05, 4.69) is 20.4 Å². The molecule has 140 valence electrons. The van der Waals surface area contributed by atoms with Gasteiger partial charge in [-0.2, -0.15) is 5.10 Å². The molecule has 2 aliphatic heterocycles. The molecule has 3 heterocycles. The Bertz CT molecular complexity index is 818. The van der Waals surface area contributed by atoms with E-state index in [1.54, 1.807) is 4.90 Å². The van der Waals surface area contributed by atoms with Crippen LogP contribution in [0.2, 0.25) is 0 Å². The zero-order valence-corrected chi connectivity index (χ0v) is 15.3. The fraction of sp³-hybridized carbons (Fsp3) is 0.400. The van der Waals surface area contributed by atoms with E-state index in [9.17, 15) is 9.59 Å². The highest BCUT2D eigenvalue weighted by Gasteiger charge is 2.36. The molecule has 2 aliphatic rings. The van der Waals surface area contributed by atoms with Gasteiger partial charge in [0.1, 0.15) is 0 Å². The Balaban J connectivity index is 1.24. The minimum absolute atomic E-state index is 0.00844. The number of hydrogen-bond donors (Lipinski definition) is 1. The first-order valence-corrected chi connectivity index (χ1v) is 9.28. The Morgan fingerprint density at radius 2 is 1.89 bits per heavy atom. The lowest BCUT2D eigenvalue weighted by molar-refractivity contribution is -0.126. The molecule has 27 heavy (non-hydrogen) atoms. The van der Waals surface area contributed by atoms with Gasteiger partial charge in [-0.05, 0) is 31.2 Å². The molecular weight excluding hydrogens is 342 g/mol. The van der Waals surface area contributed by atoms with Crippen molar-refractivity contribution in [2.75, 3.05) is 36.0 Å². The summed E-state index contributed by atoms with van der Waals surface area (Å²) in [6.45, 7) is 4.71. The second-order valence-corrected chi connectivity index (χ2v) is 7.29. The van der Waals surface area contributed by atoms with Crippen molar-refractivity contribution in [1.29, 1.82) is 0 Å². The average Bonchev–Trinajstić information content (AvgIpc) is 3.04. The van der Waals surface area contributed by atoms with Crippen LogP contribution in [0.1, 0.15) is 12.1 Å². The maximum Gasteiger partial charge on any atom is 0.227 e. The Labute approximate surface area is 158 Å². The molecule has 2 amide bonds. The number of carbonyl (C=O) groups is 2. The largest absolute Gasteiger partial charge is 0.355 e. The lowest BCUT2D eigenvalue weighted by Gasteiger charge is -2.40. The van der Waals surface area contributed by atoms with E-state index in [1.165, 1.54) is 0 Å². The fourth-order valence-electron chi connectivity index (χ4n) is 3.58. The van der Waals surface area contributed by atoms with Crippen molar-refractivity contribution in [2.24, 2.45) is 11.8 Å². The van der Waals surface area contributed by atoms with Crippen LogP contribution in [0.25, 0.3) is 0 Å². The first kappa shape index (κ1) is 17.5. The molecule has 0 saturated carbocycles. The van der Waals surface area contributed by atoms with Gasteiger partial charge in [-0.25, -0.2) is 0 Å². The number of benzene rings is 1. The molecule has 1 aromatic carbocycles. The zero-order chi connectivity index (χ0) is 18.8. The number of nitrogens with zero attached hydrogens (tertiary/aromatic N) is 4. The number of amides is 2. The Morgan fingerprint density at radius 3 is 2.59 bits per heavy atom. The molecule has 2 aromatic rings. The topological polar surface area (TPSA) is 78.4 Å². The van der Waals surface area contributed by atoms with Crippen molar-refractivity contribution in [3.63, 3.8) is 0 Å². The summed E-state index contributed by atoms with van der Waals surface area (Å²) in [5, 5.41) is 11.3. The van der Waals surface area contributed by atoms with Crippen LogP contribution in [-0.4, -0.2) is 48.2 Å². The molecule has 0 bridgehead atoms. The van der Waals surface area contributed by atoms with Gasteiger partial charge in [-0.15, -0.1) is 5.10 Å². The first-order chi connectivity index (χ1) is 13.1. The molecule has 2 fully saturated rings. The molecule has 0 radical (unpaired) electrons. The third-order valence-corrected chi connectivity index (χ3v) is 5.19. The number of para-hydroxylation sites is 1. The summed E-state index contributed by atoms with van der Waals surface area (Å²) in [7, 11) is 0. The number of nitrogens with one attached hydrogen (secondary N) is 1. The monoisotopic (exact) mass is 365 g/mol. The van der Waals surface area contributed by atoms with Crippen molar-refractivity contribution < 1.29 is 9.59 Å². The molecule has 2 saturated heterocycles. The highest BCUT2D eigenvalue weighted by Crippen LogP contribution is 2.25. The van der Waals surface area contributed by atoms with Crippen molar-refractivity contribution in [2.45, 2.75) is 13.3 Å². The number of hydrogen-bond acceptors (Lipinski definition) is 5. The Kier molecular flexibility index (Phi) is 4.75. The van der Waals surface area contributed by atoms with Crippen LogP contribution in [0.5, 0.6) is 0 Å². The third kappa shape index (κ3) is 3.77. The van der Waals surface area contributed by atoms with Gasteiger partial charge < -0.3 is 15.1 Å². The standard InChI is InChI=1S/C20H23N5O2/c1-14-7-8-18(23-22-14)24-11-15(12-24)10-21-20(27)16-9-19(26)25(13-16)17-5-3-2-4-6-17/h2-8,15-16H,9-13H2,1H3,(H,21,27). The van der Waals surface area contributed by atoms with Crippen molar-refractivity contribution >= 4 is 23.3 Å². The van der Waals surface area contributed by atoms with E-state index in [1.807, 2.05) is 49.4 Å². The summed E-state index contributed by atoms with van der Waals surface area (Å²) in [5.74, 6) is 0.976. The van der Waals surface area contributed by atoms with Gasteiger partial charge in [0.15, 0.2) is 5.82 Å². The fourth-order valence-corrected chi connectivity index (χ4v) is 3.58. The van der Waals surface area contributed by atoms with Crippen LogP contribution < -0.4 is 15.1 Å². The summed E-state index contributed by atoms with van der Waals surface area (Å²) in [6.07, 6.45) is 0.274. The summed E-state index contributed by atoms with van der Waals surface area (Å²) in [4.78, 5) is 28.6. The van der Waals surface area contributed by atoms with Gasteiger partial charge in [0.2, 0.25) is 11.8 Å². The van der Waals surface area contributed by atoms with Crippen LogP contribution >= 0.6 is 0 Å². The van der Waals surface area contributed by atoms with Crippen LogP contribution in [0, 0.1) is 18.8 Å². The maximum absolute atomic E-state index is 12.5. The molecule has 1 aromatic heterocycles. The zero-order valence-electron chi connectivity index (χ0n) is 15.3. The highest BCUT2D eigenvalue weighted by atomic mass is 16.2. The number of aromatic nitrogens is 2. The van der Waals surface area contributed by atoms with E-state index in [4.69, 9.17) is 0 Å². The Hall–Kier alpha value is -2.96. The summed E-state index contributed by atoms with van der Waals surface area (Å²) >= 11 is 0. The number of anilines is 2. The smallest absolute Gasteiger partial charge is 0.227 e. The van der Waals surface area contributed by atoms with Crippen LogP contribution in [-0.2, 0) is 9.59 Å². The maximum atomic E-state index is 12.5. The van der Waals surface area contributed by atoms with Crippen molar-refractivity contribution in [3.8, 4) is 0 Å². The lowest BCUT2D eigenvalue weighted by Crippen LogP contribution is -2.52. The molecule has 0 spiro atoms. The van der Waals surface area contributed by atoms with E-state index in [0.29, 0.717) is 19.0 Å². The van der Waals surface area contributed by atoms with Crippen LogP contribution in [0.3, 0.4) is 0 Å². The predicted octanol–water partition coefficient (Wildman–Crippen LogP) is 1.39. The molecule has 0 aliphatic carbocycles. The molecule has 7 nitrogen and oxygen atoms in total. The predicted molar refractivity (Wildman–Crippen MR) is 102 cm³/mol. The number of rotatable bonds is 5. The minimum Gasteiger partial charge on any atom is -0.355 e.